The second-order valence-electron chi connectivity index (χ2n) is 6.43. The van der Waals surface area contributed by atoms with Gasteiger partial charge in [0.1, 0.15) is 5.82 Å². The SMILES string of the molecule is CC(C)(C)c1cc(F)cc(CCCC2CC2)c1. The van der Waals surface area contributed by atoms with Gasteiger partial charge in [-0.1, -0.05) is 46.1 Å². The van der Waals surface area contributed by atoms with Gasteiger partial charge in [-0.2, -0.15) is 0 Å². The van der Waals surface area contributed by atoms with Crippen LogP contribution in [0.4, 0.5) is 4.39 Å². The van der Waals surface area contributed by atoms with Gasteiger partial charge in [0.25, 0.3) is 0 Å². The Balaban J connectivity index is 2.02. The summed E-state index contributed by atoms with van der Waals surface area (Å²) in [5, 5.41) is 0. The maximum atomic E-state index is 13.6. The lowest BCUT2D eigenvalue weighted by atomic mass is 9.85. The molecule has 94 valence electrons. The maximum Gasteiger partial charge on any atom is 0.123 e. The Labute approximate surface area is 104 Å². The molecule has 1 heteroatoms. The van der Waals surface area contributed by atoms with Crippen molar-refractivity contribution in [3.8, 4) is 0 Å². The van der Waals surface area contributed by atoms with Crippen molar-refractivity contribution in [1.82, 2.24) is 0 Å². The first-order valence-corrected chi connectivity index (χ1v) is 6.75. The molecule has 1 aliphatic rings. The maximum absolute atomic E-state index is 13.6. The summed E-state index contributed by atoms with van der Waals surface area (Å²) in [6.45, 7) is 6.40. The van der Waals surface area contributed by atoms with Crippen LogP contribution < -0.4 is 0 Å². The zero-order valence-electron chi connectivity index (χ0n) is 11.2. The first-order valence-electron chi connectivity index (χ1n) is 6.75. The summed E-state index contributed by atoms with van der Waals surface area (Å²) in [7, 11) is 0. The monoisotopic (exact) mass is 234 g/mol. The molecule has 1 aromatic rings. The molecule has 17 heavy (non-hydrogen) atoms. The number of benzene rings is 1. The Morgan fingerprint density at radius 2 is 1.88 bits per heavy atom. The zero-order chi connectivity index (χ0) is 12.5. The minimum Gasteiger partial charge on any atom is -0.207 e. The Morgan fingerprint density at radius 3 is 2.47 bits per heavy atom. The summed E-state index contributed by atoms with van der Waals surface area (Å²) in [5.74, 6) is 0.893. The fourth-order valence-corrected chi connectivity index (χ4v) is 2.23. The Hall–Kier alpha value is -0.850. The minimum atomic E-state index is -0.0844. The Kier molecular flexibility index (Phi) is 3.56. The van der Waals surface area contributed by atoms with E-state index in [1.165, 1.54) is 25.7 Å². The van der Waals surface area contributed by atoms with E-state index in [4.69, 9.17) is 0 Å². The van der Waals surface area contributed by atoms with Crippen molar-refractivity contribution in [2.75, 3.05) is 0 Å². The summed E-state index contributed by atoms with van der Waals surface area (Å²) in [6.07, 6.45) is 6.38. The highest BCUT2D eigenvalue weighted by molar-refractivity contribution is 5.29. The van der Waals surface area contributed by atoms with Gasteiger partial charge in [0.2, 0.25) is 0 Å². The largest absolute Gasteiger partial charge is 0.207 e. The molecule has 2 rings (SSSR count). The topological polar surface area (TPSA) is 0 Å². The molecule has 0 heterocycles. The number of rotatable bonds is 4. The van der Waals surface area contributed by atoms with Crippen LogP contribution in [0.2, 0.25) is 0 Å². The minimum absolute atomic E-state index is 0.0351. The summed E-state index contributed by atoms with van der Waals surface area (Å²) in [5.41, 5.74) is 2.31. The fraction of sp³-hybridized carbons (Fsp3) is 0.625. The smallest absolute Gasteiger partial charge is 0.123 e. The summed E-state index contributed by atoms with van der Waals surface area (Å²) in [4.78, 5) is 0. The molecule has 0 N–H and O–H groups in total. The number of hydrogen-bond donors (Lipinski definition) is 0. The quantitative estimate of drug-likeness (QED) is 0.698. The lowest BCUT2D eigenvalue weighted by molar-refractivity contribution is 0.568. The van der Waals surface area contributed by atoms with E-state index in [0.29, 0.717) is 0 Å². The van der Waals surface area contributed by atoms with Gasteiger partial charge in [-0.15, -0.1) is 0 Å². The first kappa shape index (κ1) is 12.6. The molecule has 1 aromatic carbocycles. The lowest BCUT2D eigenvalue weighted by Crippen LogP contribution is -2.12. The standard InChI is InChI=1S/C16H23F/c1-16(2,3)14-9-13(10-15(17)11-14)6-4-5-12-7-8-12/h9-12H,4-8H2,1-3H3. The lowest BCUT2D eigenvalue weighted by Gasteiger charge is -2.20. The molecule has 1 aliphatic carbocycles. The number of hydrogen-bond acceptors (Lipinski definition) is 0. The molecule has 0 bridgehead atoms. The molecule has 0 amide bonds. The molecule has 1 saturated carbocycles. The van der Waals surface area contributed by atoms with Crippen LogP contribution >= 0.6 is 0 Å². The molecule has 0 spiro atoms. The molecular weight excluding hydrogens is 211 g/mol. The van der Waals surface area contributed by atoms with Gasteiger partial charge in [-0.25, -0.2) is 4.39 Å². The van der Waals surface area contributed by atoms with E-state index in [9.17, 15) is 4.39 Å². The van der Waals surface area contributed by atoms with E-state index in [0.717, 1.165) is 23.5 Å². The molecule has 0 radical (unpaired) electrons. The van der Waals surface area contributed by atoms with Crippen molar-refractivity contribution in [3.63, 3.8) is 0 Å². The molecule has 0 atom stereocenters. The summed E-state index contributed by atoms with van der Waals surface area (Å²) >= 11 is 0. The Morgan fingerprint density at radius 1 is 1.18 bits per heavy atom. The van der Waals surface area contributed by atoms with E-state index in [1.807, 2.05) is 0 Å². The van der Waals surface area contributed by atoms with Gasteiger partial charge >= 0.3 is 0 Å². The highest BCUT2D eigenvalue weighted by Gasteiger charge is 2.20. The van der Waals surface area contributed by atoms with E-state index >= 15 is 0 Å². The Bertz CT molecular complexity index is 383. The van der Waals surface area contributed by atoms with E-state index in [-0.39, 0.29) is 11.2 Å². The highest BCUT2D eigenvalue weighted by Crippen LogP contribution is 2.34. The fourth-order valence-electron chi connectivity index (χ4n) is 2.23. The van der Waals surface area contributed by atoms with E-state index < -0.39 is 0 Å². The number of halogens is 1. The number of aryl methyl sites for hydroxylation is 1. The predicted octanol–water partition coefficient (Wildman–Crippen LogP) is 4.86. The van der Waals surface area contributed by atoms with Gasteiger partial charge in [-0.3, -0.25) is 0 Å². The summed E-state index contributed by atoms with van der Waals surface area (Å²) in [6, 6.07) is 5.54. The third-order valence-corrected chi connectivity index (χ3v) is 3.60. The van der Waals surface area contributed by atoms with Gasteiger partial charge in [0, 0.05) is 0 Å². The van der Waals surface area contributed by atoms with E-state index in [1.54, 1.807) is 12.1 Å². The van der Waals surface area contributed by atoms with Gasteiger partial charge < -0.3 is 0 Å². The predicted molar refractivity (Wildman–Crippen MR) is 70.8 cm³/mol. The average Bonchev–Trinajstić information content (AvgIpc) is 2.99. The highest BCUT2D eigenvalue weighted by atomic mass is 19.1. The van der Waals surface area contributed by atoms with Crippen molar-refractivity contribution >= 4 is 0 Å². The molecule has 0 saturated heterocycles. The average molecular weight is 234 g/mol. The first-order chi connectivity index (χ1) is 7.95. The zero-order valence-corrected chi connectivity index (χ0v) is 11.2. The van der Waals surface area contributed by atoms with Crippen molar-refractivity contribution in [1.29, 1.82) is 0 Å². The molecule has 1 fully saturated rings. The third kappa shape index (κ3) is 3.83. The van der Waals surface area contributed by atoms with Crippen LogP contribution in [0.3, 0.4) is 0 Å². The van der Waals surface area contributed by atoms with Crippen LogP contribution in [0.15, 0.2) is 18.2 Å². The van der Waals surface area contributed by atoms with Gasteiger partial charge in [0.05, 0.1) is 0 Å². The summed E-state index contributed by atoms with van der Waals surface area (Å²) < 4.78 is 13.6. The molecule has 0 nitrogen and oxygen atoms in total. The van der Waals surface area contributed by atoms with Crippen LogP contribution in [0.5, 0.6) is 0 Å². The van der Waals surface area contributed by atoms with Crippen molar-refractivity contribution in [2.24, 2.45) is 5.92 Å². The van der Waals surface area contributed by atoms with Crippen molar-refractivity contribution in [2.45, 2.75) is 58.3 Å². The van der Waals surface area contributed by atoms with Crippen LogP contribution in [0.1, 0.15) is 57.6 Å². The molecule has 0 aromatic heterocycles. The molecular formula is C16H23F. The van der Waals surface area contributed by atoms with E-state index in [2.05, 4.69) is 26.8 Å². The van der Waals surface area contributed by atoms with Crippen LogP contribution in [-0.4, -0.2) is 0 Å². The van der Waals surface area contributed by atoms with Crippen molar-refractivity contribution < 1.29 is 4.39 Å². The van der Waals surface area contributed by atoms with Crippen molar-refractivity contribution in [3.05, 3.63) is 35.1 Å². The third-order valence-electron chi connectivity index (χ3n) is 3.60. The second kappa shape index (κ2) is 4.80. The van der Waals surface area contributed by atoms with Crippen LogP contribution in [0, 0.1) is 11.7 Å². The normalized spacial score (nSPS) is 16.2. The van der Waals surface area contributed by atoms with Gasteiger partial charge in [0.15, 0.2) is 0 Å². The second-order valence-corrected chi connectivity index (χ2v) is 6.43. The van der Waals surface area contributed by atoms with Gasteiger partial charge in [-0.05, 0) is 47.4 Å². The molecule has 0 aliphatic heterocycles. The van der Waals surface area contributed by atoms with Crippen LogP contribution in [0.25, 0.3) is 0 Å². The molecule has 0 unspecified atom stereocenters. The van der Waals surface area contributed by atoms with Crippen LogP contribution in [-0.2, 0) is 11.8 Å².